The standard InChI is InChI=1S/C27H27BrClN3O6S2/c1-17-13-18(2)15-22(14-17)39(34,35)26-23-16-20(29)7-10-24(23)31-25(26)27(33)30-11-3-4-12-32(40(36,37)38)21-8-5-19(28)6-9-21/h5-10,13-16,31H,3-4,11-12H2,1-2H3,(H,30,33)(H,36,37,38). The molecule has 1 heterocycles. The summed E-state index contributed by atoms with van der Waals surface area (Å²) in [6, 6.07) is 16.1. The minimum absolute atomic E-state index is 0.0203. The molecule has 13 heteroatoms. The van der Waals surface area contributed by atoms with Gasteiger partial charge in [0.1, 0.15) is 10.6 Å². The van der Waals surface area contributed by atoms with Crippen molar-refractivity contribution < 1.29 is 26.2 Å². The van der Waals surface area contributed by atoms with E-state index in [9.17, 15) is 26.2 Å². The summed E-state index contributed by atoms with van der Waals surface area (Å²) in [5.41, 5.74) is 2.16. The van der Waals surface area contributed by atoms with Gasteiger partial charge in [0.25, 0.3) is 5.91 Å². The molecule has 0 aliphatic carbocycles. The Hall–Kier alpha value is -2.90. The van der Waals surface area contributed by atoms with Crippen LogP contribution in [0, 0.1) is 13.8 Å². The molecular formula is C27H27BrClN3O6S2. The fraction of sp³-hybridized carbons (Fsp3) is 0.222. The average molecular weight is 669 g/mol. The summed E-state index contributed by atoms with van der Waals surface area (Å²) in [5, 5.41) is 3.34. The third kappa shape index (κ3) is 6.69. The van der Waals surface area contributed by atoms with Crippen molar-refractivity contribution in [3.63, 3.8) is 0 Å². The molecule has 0 atom stereocenters. The molecule has 212 valence electrons. The fourth-order valence-corrected chi connectivity index (χ4v) is 7.41. The summed E-state index contributed by atoms with van der Waals surface area (Å²) in [4.78, 5) is 16.1. The van der Waals surface area contributed by atoms with Crippen molar-refractivity contribution in [1.82, 2.24) is 10.3 Å². The Bertz CT molecular complexity index is 1770. The lowest BCUT2D eigenvalue weighted by Gasteiger charge is -2.21. The molecule has 3 aromatic carbocycles. The second-order valence-electron chi connectivity index (χ2n) is 9.34. The molecule has 0 saturated heterocycles. The molecule has 0 aliphatic rings. The van der Waals surface area contributed by atoms with Gasteiger partial charge >= 0.3 is 10.3 Å². The van der Waals surface area contributed by atoms with Crippen LogP contribution in [0.4, 0.5) is 5.69 Å². The monoisotopic (exact) mass is 667 g/mol. The molecule has 0 spiro atoms. The smallest absolute Gasteiger partial charge is 0.351 e. The Labute approximate surface area is 246 Å². The summed E-state index contributed by atoms with van der Waals surface area (Å²) in [6.07, 6.45) is 0.672. The molecule has 1 aromatic heterocycles. The van der Waals surface area contributed by atoms with E-state index in [1.165, 1.54) is 6.07 Å². The molecule has 0 radical (unpaired) electrons. The van der Waals surface area contributed by atoms with Crippen molar-refractivity contribution in [3.8, 4) is 0 Å². The van der Waals surface area contributed by atoms with Crippen LogP contribution >= 0.6 is 27.5 Å². The van der Waals surface area contributed by atoms with E-state index < -0.39 is 26.0 Å². The highest BCUT2D eigenvalue weighted by Crippen LogP contribution is 2.34. The Morgan fingerprint density at radius 3 is 2.25 bits per heavy atom. The van der Waals surface area contributed by atoms with E-state index >= 15 is 0 Å². The van der Waals surface area contributed by atoms with Crippen LogP contribution in [0.3, 0.4) is 0 Å². The van der Waals surface area contributed by atoms with Crippen LogP contribution in [0.2, 0.25) is 5.02 Å². The minimum atomic E-state index is -4.50. The molecule has 0 aliphatic heterocycles. The number of rotatable bonds is 10. The Kier molecular flexibility index (Phi) is 8.96. The second kappa shape index (κ2) is 11.9. The number of hydrogen-bond acceptors (Lipinski definition) is 5. The quantitative estimate of drug-likeness (QED) is 0.143. The number of unbranched alkanes of at least 4 members (excludes halogenated alkanes) is 1. The van der Waals surface area contributed by atoms with Crippen molar-refractivity contribution >= 4 is 70.2 Å². The summed E-state index contributed by atoms with van der Waals surface area (Å²) >= 11 is 9.46. The zero-order valence-corrected chi connectivity index (χ0v) is 25.6. The van der Waals surface area contributed by atoms with Crippen molar-refractivity contribution in [2.45, 2.75) is 36.5 Å². The molecule has 40 heavy (non-hydrogen) atoms. The fourth-order valence-electron chi connectivity index (χ4n) is 4.44. The highest BCUT2D eigenvalue weighted by molar-refractivity contribution is 9.10. The Balaban J connectivity index is 1.54. The molecule has 3 N–H and O–H groups in total. The minimum Gasteiger partial charge on any atom is -0.351 e. The lowest BCUT2D eigenvalue weighted by molar-refractivity contribution is 0.0945. The number of nitrogens with one attached hydrogen (secondary N) is 2. The van der Waals surface area contributed by atoms with E-state index in [4.69, 9.17) is 11.6 Å². The van der Waals surface area contributed by atoms with Crippen LogP contribution in [0.25, 0.3) is 10.9 Å². The molecular weight excluding hydrogens is 642 g/mol. The first kappa shape index (κ1) is 30.1. The van der Waals surface area contributed by atoms with E-state index in [1.54, 1.807) is 62.4 Å². The van der Waals surface area contributed by atoms with Gasteiger partial charge in [0, 0.05) is 33.5 Å². The molecule has 0 unspecified atom stereocenters. The SMILES string of the molecule is Cc1cc(C)cc(S(=O)(=O)c2c(C(=O)NCCCCN(c3ccc(Br)cc3)S(=O)(=O)O)[nH]c3ccc(Cl)cc23)c1. The lowest BCUT2D eigenvalue weighted by atomic mass is 10.2. The van der Waals surface area contributed by atoms with Gasteiger partial charge in [0.2, 0.25) is 9.84 Å². The van der Waals surface area contributed by atoms with E-state index in [1.807, 2.05) is 6.07 Å². The predicted octanol–water partition coefficient (Wildman–Crippen LogP) is 5.85. The number of hydrogen-bond donors (Lipinski definition) is 3. The largest absolute Gasteiger partial charge is 0.359 e. The second-order valence-corrected chi connectivity index (χ2v) is 13.9. The van der Waals surface area contributed by atoms with Gasteiger partial charge in [-0.2, -0.15) is 8.42 Å². The predicted molar refractivity (Wildman–Crippen MR) is 159 cm³/mol. The third-order valence-electron chi connectivity index (χ3n) is 6.18. The van der Waals surface area contributed by atoms with Crippen LogP contribution in [-0.4, -0.2) is 45.4 Å². The first-order valence-electron chi connectivity index (χ1n) is 12.2. The van der Waals surface area contributed by atoms with Gasteiger partial charge in [-0.05, 0) is 92.4 Å². The van der Waals surface area contributed by atoms with Crippen molar-refractivity contribution in [1.29, 1.82) is 0 Å². The van der Waals surface area contributed by atoms with Gasteiger partial charge in [-0.3, -0.25) is 9.35 Å². The summed E-state index contributed by atoms with van der Waals surface area (Å²) < 4.78 is 62.7. The summed E-state index contributed by atoms with van der Waals surface area (Å²) in [7, 11) is -8.61. The number of fused-ring (bicyclic) bond motifs is 1. The number of carbonyl (C=O) groups is 1. The summed E-state index contributed by atoms with van der Waals surface area (Å²) in [5.74, 6) is -0.630. The van der Waals surface area contributed by atoms with Gasteiger partial charge in [-0.25, -0.2) is 12.7 Å². The zero-order valence-electron chi connectivity index (χ0n) is 21.6. The lowest BCUT2D eigenvalue weighted by Crippen LogP contribution is -2.32. The number of amides is 1. The number of H-pyrrole nitrogens is 1. The number of aromatic nitrogens is 1. The molecule has 0 saturated carbocycles. The van der Waals surface area contributed by atoms with Crippen LogP contribution < -0.4 is 9.62 Å². The maximum atomic E-state index is 13.8. The van der Waals surface area contributed by atoms with Gasteiger partial charge in [-0.15, -0.1) is 0 Å². The molecule has 0 fully saturated rings. The topological polar surface area (TPSA) is 137 Å². The van der Waals surface area contributed by atoms with Crippen molar-refractivity contribution in [2.24, 2.45) is 0 Å². The number of anilines is 1. The first-order chi connectivity index (χ1) is 18.8. The summed E-state index contributed by atoms with van der Waals surface area (Å²) in [6.45, 7) is 3.71. The zero-order chi connectivity index (χ0) is 29.2. The van der Waals surface area contributed by atoms with E-state index in [2.05, 4.69) is 26.2 Å². The third-order valence-corrected chi connectivity index (χ3v) is 9.71. The van der Waals surface area contributed by atoms with E-state index in [-0.39, 0.29) is 28.6 Å². The van der Waals surface area contributed by atoms with Gasteiger partial charge < -0.3 is 10.3 Å². The molecule has 0 bridgehead atoms. The molecule has 1 amide bonds. The first-order valence-corrected chi connectivity index (χ1v) is 16.3. The number of halogens is 2. The maximum absolute atomic E-state index is 13.8. The van der Waals surface area contributed by atoms with Crippen LogP contribution in [0.1, 0.15) is 34.5 Å². The van der Waals surface area contributed by atoms with Gasteiger partial charge in [0.15, 0.2) is 0 Å². The molecule has 9 nitrogen and oxygen atoms in total. The Morgan fingerprint density at radius 1 is 0.975 bits per heavy atom. The van der Waals surface area contributed by atoms with Crippen LogP contribution in [0.5, 0.6) is 0 Å². The highest BCUT2D eigenvalue weighted by Gasteiger charge is 2.30. The number of carbonyl (C=O) groups excluding carboxylic acids is 1. The number of nitrogens with zero attached hydrogens (tertiary/aromatic N) is 1. The molecule has 4 rings (SSSR count). The molecule has 4 aromatic rings. The highest BCUT2D eigenvalue weighted by atomic mass is 79.9. The van der Waals surface area contributed by atoms with Crippen molar-refractivity contribution in [3.05, 3.63) is 87.0 Å². The van der Waals surface area contributed by atoms with Crippen molar-refractivity contribution in [2.75, 3.05) is 17.4 Å². The van der Waals surface area contributed by atoms with Gasteiger partial charge in [-0.1, -0.05) is 33.6 Å². The maximum Gasteiger partial charge on any atom is 0.359 e. The van der Waals surface area contributed by atoms with E-state index in [0.29, 0.717) is 34.5 Å². The Morgan fingerprint density at radius 2 is 1.62 bits per heavy atom. The van der Waals surface area contributed by atoms with Crippen LogP contribution in [0.15, 0.2) is 74.9 Å². The normalized spacial score (nSPS) is 12.0. The number of benzene rings is 3. The van der Waals surface area contributed by atoms with Crippen LogP contribution in [-0.2, 0) is 20.1 Å². The van der Waals surface area contributed by atoms with Gasteiger partial charge in [0.05, 0.1) is 10.6 Å². The van der Waals surface area contributed by atoms with E-state index in [0.717, 1.165) is 19.9 Å². The number of aromatic amines is 1. The number of sulfone groups is 1. The average Bonchev–Trinajstić information content (AvgIpc) is 3.25. The number of aryl methyl sites for hydroxylation is 2.